The number of fused-ring (bicyclic) bond motifs is 1. The van der Waals surface area contributed by atoms with Crippen LogP contribution in [-0.2, 0) is 6.18 Å². The molecule has 3 N–H and O–H groups in total. The Morgan fingerprint density at radius 3 is 2.59 bits per heavy atom. The van der Waals surface area contributed by atoms with E-state index in [1.54, 1.807) is 6.07 Å². The van der Waals surface area contributed by atoms with Crippen molar-refractivity contribution in [2.75, 3.05) is 11.9 Å². The molecule has 0 saturated carbocycles. The minimum Gasteiger partial charge on any atom is -0.368 e. The highest BCUT2D eigenvalue weighted by Crippen LogP contribution is 2.35. The summed E-state index contributed by atoms with van der Waals surface area (Å²) in [5.74, 6) is 0.551. The van der Waals surface area contributed by atoms with E-state index in [4.69, 9.17) is 10.3 Å². The molecule has 4 rings (SSSR count). The Bertz CT molecular complexity index is 1130. The van der Waals surface area contributed by atoms with Crippen molar-refractivity contribution in [2.45, 2.75) is 12.2 Å². The van der Waals surface area contributed by atoms with Crippen molar-refractivity contribution >= 4 is 16.8 Å². The molecule has 9 heteroatoms. The lowest BCUT2D eigenvalue weighted by molar-refractivity contribution is -0.141. The van der Waals surface area contributed by atoms with E-state index < -0.39 is 11.9 Å². The van der Waals surface area contributed by atoms with Crippen LogP contribution in [0.3, 0.4) is 0 Å². The fraction of sp³-hybridized carbons (Fsp3) is 0.150. The van der Waals surface area contributed by atoms with E-state index in [0.29, 0.717) is 23.6 Å². The van der Waals surface area contributed by atoms with E-state index >= 15 is 0 Å². The first-order valence-electron chi connectivity index (χ1n) is 8.75. The Morgan fingerprint density at radius 1 is 1.03 bits per heavy atom. The van der Waals surface area contributed by atoms with Crippen molar-refractivity contribution in [1.82, 2.24) is 15.1 Å². The second-order valence-electron chi connectivity index (χ2n) is 6.43. The van der Waals surface area contributed by atoms with Crippen LogP contribution in [0.4, 0.5) is 19.0 Å². The molecule has 1 atom stereocenters. The summed E-state index contributed by atoms with van der Waals surface area (Å²) < 4.78 is 43.7. The molecule has 1 unspecified atom stereocenters. The first kappa shape index (κ1) is 18.9. The molecule has 0 amide bonds. The Kier molecular flexibility index (Phi) is 4.89. The molecule has 0 spiro atoms. The van der Waals surface area contributed by atoms with Crippen LogP contribution in [0.25, 0.3) is 22.2 Å². The zero-order chi connectivity index (χ0) is 20.4. The van der Waals surface area contributed by atoms with Crippen LogP contribution >= 0.6 is 0 Å². The minimum absolute atomic E-state index is 0.0362. The van der Waals surface area contributed by atoms with Gasteiger partial charge in [0.1, 0.15) is 12.1 Å². The quantitative estimate of drug-likeness (QED) is 0.517. The molecule has 0 fully saturated rings. The molecule has 2 aromatic heterocycles. The number of benzene rings is 2. The van der Waals surface area contributed by atoms with Crippen LogP contribution in [0, 0.1) is 0 Å². The normalized spacial score (nSPS) is 12.8. The predicted molar refractivity (Wildman–Crippen MR) is 102 cm³/mol. The van der Waals surface area contributed by atoms with Gasteiger partial charge in [0.2, 0.25) is 0 Å². The molecule has 2 aromatic carbocycles. The highest BCUT2D eigenvalue weighted by molar-refractivity contribution is 5.84. The van der Waals surface area contributed by atoms with Gasteiger partial charge in [0, 0.05) is 24.2 Å². The molecule has 6 nitrogen and oxygen atoms in total. The van der Waals surface area contributed by atoms with Gasteiger partial charge in [-0.3, -0.25) is 0 Å². The van der Waals surface area contributed by atoms with Gasteiger partial charge in [0.15, 0.2) is 11.3 Å². The number of nitrogens with one attached hydrogen (secondary N) is 1. The number of anilines is 1. The van der Waals surface area contributed by atoms with Gasteiger partial charge in [-0.1, -0.05) is 41.6 Å². The highest BCUT2D eigenvalue weighted by Gasteiger charge is 2.37. The first-order chi connectivity index (χ1) is 13.9. The number of rotatable bonds is 5. The fourth-order valence-electron chi connectivity index (χ4n) is 2.95. The number of hydrogen-bond donors (Lipinski definition) is 2. The topological polar surface area (TPSA) is 89.9 Å². The van der Waals surface area contributed by atoms with Crippen LogP contribution in [0.5, 0.6) is 0 Å². The summed E-state index contributed by atoms with van der Waals surface area (Å²) in [6.45, 7) is 0.455. The summed E-state index contributed by atoms with van der Waals surface area (Å²) in [5, 5.41) is 6.20. The number of alkyl halides is 3. The average molecular weight is 399 g/mol. The SMILES string of the molecule is NC(CNc1cc(-c2ccc3c(C(F)(F)F)noc3c2)ncn1)c1ccccc1. The largest absolute Gasteiger partial charge is 0.437 e. The Morgan fingerprint density at radius 2 is 1.83 bits per heavy atom. The number of aromatic nitrogens is 3. The van der Waals surface area contributed by atoms with Crippen LogP contribution in [0.1, 0.15) is 17.3 Å². The third kappa shape index (κ3) is 4.04. The Balaban J connectivity index is 1.54. The maximum atomic E-state index is 12.9. The van der Waals surface area contributed by atoms with Gasteiger partial charge in [-0.25, -0.2) is 9.97 Å². The monoisotopic (exact) mass is 399 g/mol. The van der Waals surface area contributed by atoms with Crippen molar-refractivity contribution < 1.29 is 17.7 Å². The molecule has 0 bridgehead atoms. The van der Waals surface area contributed by atoms with Crippen LogP contribution in [0.2, 0.25) is 0 Å². The molecular weight excluding hydrogens is 383 g/mol. The summed E-state index contributed by atoms with van der Waals surface area (Å²) in [5.41, 5.74) is 7.27. The van der Waals surface area contributed by atoms with E-state index in [2.05, 4.69) is 20.4 Å². The van der Waals surface area contributed by atoms with Gasteiger partial charge >= 0.3 is 6.18 Å². The molecule has 29 heavy (non-hydrogen) atoms. The van der Waals surface area contributed by atoms with Crippen LogP contribution in [0.15, 0.2) is 65.4 Å². The molecule has 0 aliphatic rings. The molecular formula is C20H16F3N5O. The van der Waals surface area contributed by atoms with Crippen molar-refractivity contribution in [3.8, 4) is 11.3 Å². The lowest BCUT2D eigenvalue weighted by Gasteiger charge is -2.13. The lowest BCUT2D eigenvalue weighted by atomic mass is 10.1. The number of nitrogens with zero attached hydrogens (tertiary/aromatic N) is 3. The van der Waals surface area contributed by atoms with Gasteiger partial charge in [-0.05, 0) is 17.7 Å². The summed E-state index contributed by atoms with van der Waals surface area (Å²) >= 11 is 0. The van der Waals surface area contributed by atoms with E-state index in [1.165, 1.54) is 24.5 Å². The van der Waals surface area contributed by atoms with Gasteiger partial charge in [0.05, 0.1) is 11.1 Å². The lowest BCUT2D eigenvalue weighted by Crippen LogP contribution is -2.20. The number of hydrogen-bond acceptors (Lipinski definition) is 6. The smallest absolute Gasteiger partial charge is 0.368 e. The molecule has 4 aromatic rings. The van der Waals surface area contributed by atoms with Crippen molar-refractivity contribution in [1.29, 1.82) is 0 Å². The van der Waals surface area contributed by atoms with Gasteiger partial charge in [-0.15, -0.1) is 0 Å². The average Bonchev–Trinajstić information content (AvgIpc) is 3.16. The standard InChI is InChI=1S/C20H16F3N5O/c21-20(22,23)19-14-7-6-13(8-17(14)29-28-19)16-9-18(27-11-26-16)25-10-15(24)12-4-2-1-3-5-12/h1-9,11,15H,10,24H2,(H,25,26,27). The fourth-order valence-corrected chi connectivity index (χ4v) is 2.95. The maximum Gasteiger partial charge on any atom is 0.437 e. The van der Waals surface area contributed by atoms with Gasteiger partial charge in [0.25, 0.3) is 0 Å². The molecule has 2 heterocycles. The zero-order valence-corrected chi connectivity index (χ0v) is 15.0. The Hall–Kier alpha value is -3.46. The highest BCUT2D eigenvalue weighted by atomic mass is 19.4. The van der Waals surface area contributed by atoms with Crippen LogP contribution in [-0.4, -0.2) is 21.7 Å². The Labute approximate surface area is 163 Å². The molecule has 0 aliphatic heterocycles. The number of halogens is 3. The molecule has 0 aliphatic carbocycles. The molecule has 0 saturated heterocycles. The summed E-state index contributed by atoms with van der Waals surface area (Å²) in [6, 6.07) is 15.5. The van der Waals surface area contributed by atoms with E-state index in [1.807, 2.05) is 30.3 Å². The summed E-state index contributed by atoms with van der Waals surface area (Å²) in [4.78, 5) is 8.36. The van der Waals surface area contributed by atoms with Gasteiger partial charge < -0.3 is 15.6 Å². The van der Waals surface area contributed by atoms with Gasteiger partial charge in [-0.2, -0.15) is 13.2 Å². The van der Waals surface area contributed by atoms with E-state index in [9.17, 15) is 13.2 Å². The van der Waals surface area contributed by atoms with Crippen molar-refractivity contribution in [3.05, 3.63) is 72.2 Å². The third-order valence-electron chi connectivity index (χ3n) is 4.43. The van der Waals surface area contributed by atoms with Crippen LogP contribution < -0.4 is 11.1 Å². The second kappa shape index (κ2) is 7.51. The first-order valence-corrected chi connectivity index (χ1v) is 8.75. The van der Waals surface area contributed by atoms with Crippen molar-refractivity contribution in [2.24, 2.45) is 5.73 Å². The number of nitrogens with two attached hydrogens (primary N) is 1. The molecule has 0 radical (unpaired) electrons. The maximum absolute atomic E-state index is 12.9. The summed E-state index contributed by atoms with van der Waals surface area (Å²) in [7, 11) is 0. The van der Waals surface area contributed by atoms with E-state index in [-0.39, 0.29) is 17.0 Å². The minimum atomic E-state index is -4.57. The third-order valence-corrected chi connectivity index (χ3v) is 4.43. The summed E-state index contributed by atoms with van der Waals surface area (Å²) in [6.07, 6.45) is -3.20. The molecule has 148 valence electrons. The second-order valence-corrected chi connectivity index (χ2v) is 6.43. The predicted octanol–water partition coefficient (Wildman–Crippen LogP) is 4.42. The van der Waals surface area contributed by atoms with E-state index in [0.717, 1.165) is 5.56 Å². The van der Waals surface area contributed by atoms with Crippen molar-refractivity contribution in [3.63, 3.8) is 0 Å². The zero-order valence-electron chi connectivity index (χ0n) is 15.0.